The van der Waals surface area contributed by atoms with Gasteiger partial charge in [-0.3, -0.25) is 4.79 Å². The zero-order valence-corrected chi connectivity index (χ0v) is 10.4. The Kier molecular flexibility index (Phi) is 3.41. The maximum Gasteiger partial charge on any atom is 0.408 e. The molecule has 0 aromatic heterocycles. The van der Waals surface area contributed by atoms with Crippen LogP contribution in [-0.2, 0) is 14.3 Å². The number of nitrogens with one attached hydrogen (secondary N) is 1. The van der Waals surface area contributed by atoms with Gasteiger partial charge >= 0.3 is 18.0 Å². The summed E-state index contributed by atoms with van der Waals surface area (Å²) < 4.78 is 18.6. The number of carboxylic acids is 2. The van der Waals surface area contributed by atoms with Crippen LogP contribution < -0.4 is 5.32 Å². The van der Waals surface area contributed by atoms with Crippen molar-refractivity contribution in [1.82, 2.24) is 5.32 Å². The van der Waals surface area contributed by atoms with Crippen LogP contribution in [-0.4, -0.2) is 46.6 Å². The number of hydrogen-bond donors (Lipinski definition) is 3. The summed E-state index contributed by atoms with van der Waals surface area (Å²) in [5.74, 6) is -5.24. The highest BCUT2D eigenvalue weighted by atomic mass is 19.1. The Morgan fingerprint density at radius 1 is 1.45 bits per heavy atom. The number of carbonyl (C=O) groups is 3. The molecule has 8 heteroatoms. The number of fused-ring (bicyclic) bond motifs is 1. The van der Waals surface area contributed by atoms with E-state index in [-0.39, 0.29) is 13.0 Å². The first-order valence-electron chi connectivity index (χ1n) is 6.02. The Balaban J connectivity index is 2.21. The lowest BCUT2D eigenvalue weighted by Gasteiger charge is -2.30. The number of carboxylic acid groups (broad SMARTS) is 2. The van der Waals surface area contributed by atoms with Crippen LogP contribution in [0.3, 0.4) is 0 Å². The topological polar surface area (TPSA) is 113 Å². The normalized spacial score (nSPS) is 37.6. The molecule has 7 nitrogen and oxygen atoms in total. The smallest absolute Gasteiger partial charge is 0.408 e. The molecule has 2 aliphatic carbocycles. The van der Waals surface area contributed by atoms with Gasteiger partial charge in [0.25, 0.3) is 0 Å². The molecule has 0 aromatic rings. The zero-order valence-electron chi connectivity index (χ0n) is 10.4. The molecule has 0 aromatic carbocycles. The predicted octanol–water partition coefficient (Wildman–Crippen LogP) is 0.411. The third kappa shape index (κ3) is 1.91. The van der Waals surface area contributed by atoms with E-state index in [1.165, 1.54) is 6.08 Å². The molecule has 2 fully saturated rings. The average Bonchev–Trinajstić information content (AvgIpc) is 3.00. The number of alkyl carbamates (subject to hydrolysis) is 1. The van der Waals surface area contributed by atoms with E-state index in [0.29, 0.717) is 0 Å². The molecular formula is C12H14FNO6. The summed E-state index contributed by atoms with van der Waals surface area (Å²) in [6, 6.07) is 0. The van der Waals surface area contributed by atoms with Gasteiger partial charge < -0.3 is 20.3 Å². The van der Waals surface area contributed by atoms with Gasteiger partial charge in [-0.15, -0.1) is 0 Å². The lowest BCUT2D eigenvalue weighted by molar-refractivity contribution is -0.149. The number of aliphatic carboxylic acids is 2. The summed E-state index contributed by atoms with van der Waals surface area (Å²) in [6.45, 7) is 3.16. The van der Waals surface area contributed by atoms with Crippen LogP contribution in [0.25, 0.3) is 0 Å². The van der Waals surface area contributed by atoms with Crippen LogP contribution in [0.1, 0.15) is 6.42 Å². The van der Waals surface area contributed by atoms with Gasteiger partial charge in [0.05, 0.1) is 5.92 Å². The monoisotopic (exact) mass is 287 g/mol. The van der Waals surface area contributed by atoms with Crippen LogP contribution in [0.15, 0.2) is 12.7 Å². The van der Waals surface area contributed by atoms with Crippen molar-refractivity contribution in [3.05, 3.63) is 12.7 Å². The van der Waals surface area contributed by atoms with Gasteiger partial charge in [0, 0.05) is 5.92 Å². The van der Waals surface area contributed by atoms with E-state index < -0.39 is 47.5 Å². The van der Waals surface area contributed by atoms with Crippen molar-refractivity contribution in [2.24, 2.45) is 17.8 Å². The van der Waals surface area contributed by atoms with Crippen molar-refractivity contribution in [2.45, 2.75) is 18.1 Å². The fraction of sp³-hybridized carbons (Fsp3) is 0.583. The fourth-order valence-corrected chi connectivity index (χ4v) is 3.09. The molecule has 1 amide bonds. The Morgan fingerprint density at radius 2 is 2.10 bits per heavy atom. The van der Waals surface area contributed by atoms with Gasteiger partial charge in [-0.1, -0.05) is 12.7 Å². The van der Waals surface area contributed by atoms with Crippen LogP contribution >= 0.6 is 0 Å². The minimum absolute atomic E-state index is 0.158. The van der Waals surface area contributed by atoms with Gasteiger partial charge in [-0.2, -0.15) is 0 Å². The number of rotatable bonds is 5. The molecule has 20 heavy (non-hydrogen) atoms. The van der Waals surface area contributed by atoms with E-state index in [0.717, 1.165) is 0 Å². The first kappa shape index (κ1) is 14.3. The van der Waals surface area contributed by atoms with E-state index in [9.17, 15) is 23.9 Å². The van der Waals surface area contributed by atoms with Crippen LogP contribution in [0.5, 0.6) is 0 Å². The Labute approximate surface area is 113 Å². The van der Waals surface area contributed by atoms with E-state index in [4.69, 9.17) is 5.11 Å². The molecule has 2 saturated carbocycles. The largest absolute Gasteiger partial charge is 0.481 e. The molecule has 2 aliphatic rings. The van der Waals surface area contributed by atoms with Gasteiger partial charge in [0.15, 0.2) is 5.54 Å². The summed E-state index contributed by atoms with van der Waals surface area (Å²) in [5.41, 5.74) is -2.23. The van der Waals surface area contributed by atoms with Crippen LogP contribution in [0, 0.1) is 17.8 Å². The second-order valence-electron chi connectivity index (χ2n) is 4.94. The number of amides is 1. The summed E-state index contributed by atoms with van der Waals surface area (Å²) in [4.78, 5) is 33.9. The summed E-state index contributed by atoms with van der Waals surface area (Å²) in [6.07, 6.45) is -1.88. The molecule has 0 spiro atoms. The summed E-state index contributed by atoms with van der Waals surface area (Å²) in [5, 5.41) is 20.2. The van der Waals surface area contributed by atoms with Crippen molar-refractivity contribution in [1.29, 1.82) is 0 Å². The quantitative estimate of drug-likeness (QED) is 0.631. The molecule has 0 saturated heterocycles. The van der Waals surface area contributed by atoms with Gasteiger partial charge in [0.2, 0.25) is 0 Å². The number of carbonyl (C=O) groups excluding carboxylic acids is 1. The second kappa shape index (κ2) is 4.77. The molecule has 0 heterocycles. The first-order valence-corrected chi connectivity index (χ1v) is 6.02. The van der Waals surface area contributed by atoms with E-state index in [2.05, 4.69) is 11.3 Å². The van der Waals surface area contributed by atoms with E-state index in [1.807, 2.05) is 5.32 Å². The molecule has 0 unspecified atom stereocenters. The highest BCUT2D eigenvalue weighted by Gasteiger charge is 2.76. The molecule has 2 rings (SSSR count). The molecule has 0 radical (unpaired) electrons. The lowest BCUT2D eigenvalue weighted by atomic mass is 9.89. The van der Waals surface area contributed by atoms with Crippen molar-refractivity contribution < 1.29 is 33.7 Å². The molecule has 110 valence electrons. The van der Waals surface area contributed by atoms with Crippen molar-refractivity contribution in [2.75, 3.05) is 6.61 Å². The number of ether oxygens (including phenoxy) is 1. The molecule has 0 bridgehead atoms. The zero-order chi connectivity index (χ0) is 15.1. The van der Waals surface area contributed by atoms with E-state index >= 15 is 0 Å². The van der Waals surface area contributed by atoms with Crippen LogP contribution in [0.2, 0.25) is 0 Å². The maximum atomic E-state index is 14.0. The molecule has 0 aliphatic heterocycles. The van der Waals surface area contributed by atoms with Crippen LogP contribution in [0.4, 0.5) is 9.18 Å². The Morgan fingerprint density at radius 3 is 2.60 bits per heavy atom. The maximum absolute atomic E-state index is 14.0. The van der Waals surface area contributed by atoms with Gasteiger partial charge in [-0.25, -0.2) is 14.0 Å². The number of halogens is 1. The standard InChI is InChI=1S/C12H14FNO6/c1-2-3-20-11(19)14-12(10(17)18)6(13)4-5-7(8(5)12)9(15)16/h2,5-8H,1,3-4H2,(H,14,19)(H,15,16)(H,17,18)/t5-,6-,7-,8-,12-/m0/s1. The van der Waals surface area contributed by atoms with Crippen molar-refractivity contribution in [3.63, 3.8) is 0 Å². The predicted molar refractivity (Wildman–Crippen MR) is 62.7 cm³/mol. The molecular weight excluding hydrogens is 273 g/mol. The molecule has 5 atom stereocenters. The third-order valence-electron chi connectivity index (χ3n) is 3.95. The fourth-order valence-electron chi connectivity index (χ4n) is 3.09. The molecule has 3 N–H and O–H groups in total. The third-order valence-corrected chi connectivity index (χ3v) is 3.95. The lowest BCUT2D eigenvalue weighted by Crippen LogP contribution is -2.61. The van der Waals surface area contributed by atoms with Gasteiger partial charge in [0.1, 0.15) is 12.8 Å². The SMILES string of the molecule is C=CCOC(=O)N[C@]1(C(=O)O)[C@H]2[C@@H](C[C@@H]1F)[C@@H]2C(=O)O. The minimum atomic E-state index is -2.23. The Bertz CT molecular complexity index is 481. The second-order valence-corrected chi connectivity index (χ2v) is 4.94. The summed E-state index contributed by atoms with van der Waals surface area (Å²) in [7, 11) is 0. The Hall–Kier alpha value is -2.12. The minimum Gasteiger partial charge on any atom is -0.481 e. The first-order chi connectivity index (χ1) is 9.36. The number of alkyl halides is 1. The highest BCUT2D eigenvalue weighted by Crippen LogP contribution is 2.63. The summed E-state index contributed by atoms with van der Waals surface area (Å²) >= 11 is 0. The van der Waals surface area contributed by atoms with E-state index in [1.54, 1.807) is 0 Å². The van der Waals surface area contributed by atoms with Crippen molar-refractivity contribution >= 4 is 18.0 Å². The highest BCUT2D eigenvalue weighted by molar-refractivity contribution is 5.89. The average molecular weight is 287 g/mol. The number of hydrogen-bond acceptors (Lipinski definition) is 4. The van der Waals surface area contributed by atoms with Crippen molar-refractivity contribution in [3.8, 4) is 0 Å². The van der Waals surface area contributed by atoms with Gasteiger partial charge in [-0.05, 0) is 12.3 Å².